The first kappa shape index (κ1) is 21.9. The van der Waals surface area contributed by atoms with Crippen LogP contribution in [-0.4, -0.2) is 24.9 Å². The van der Waals surface area contributed by atoms with E-state index < -0.39 is 11.6 Å². The molecule has 0 aliphatic heterocycles. The molecule has 4 heteroatoms. The Morgan fingerprint density at radius 3 is 1.84 bits per heavy atom. The average Bonchev–Trinajstić information content (AvgIpc) is 2.83. The maximum absolute atomic E-state index is 12.0. The molecule has 4 nitrogen and oxygen atoms in total. The van der Waals surface area contributed by atoms with Gasteiger partial charge in [-0.25, -0.2) is 0 Å². The van der Waals surface area contributed by atoms with E-state index in [1.54, 1.807) is 14.2 Å². The van der Waals surface area contributed by atoms with Crippen molar-refractivity contribution in [1.29, 1.82) is 0 Å². The summed E-state index contributed by atoms with van der Waals surface area (Å²) < 4.78 is 10.8. The average molecular weight is 428 g/mol. The molecule has 0 unspecified atom stereocenters. The van der Waals surface area contributed by atoms with Crippen LogP contribution < -0.4 is 15.2 Å². The highest BCUT2D eigenvalue weighted by Crippen LogP contribution is 2.34. The standard InChI is InChI=1S/C28H29NO3/c1-31-25-11-5-7-20(15-25)18-28(30,19-21-8-6-12-26(16-21)32-2)27(29)24-14-13-22-9-3-4-10-23(22)17-24/h3-17,27,30H,18-19,29H2,1-2H3/t27-/m1/s1. The van der Waals surface area contributed by atoms with E-state index in [2.05, 4.69) is 24.3 Å². The van der Waals surface area contributed by atoms with Gasteiger partial charge in [-0.1, -0.05) is 60.7 Å². The molecule has 3 N–H and O–H groups in total. The van der Waals surface area contributed by atoms with E-state index in [0.29, 0.717) is 12.8 Å². The predicted octanol–water partition coefficient (Wildman–Crippen LogP) is 5.07. The van der Waals surface area contributed by atoms with Crippen molar-refractivity contribution in [2.75, 3.05) is 14.2 Å². The lowest BCUT2D eigenvalue weighted by molar-refractivity contribution is 0.0136. The molecule has 0 aromatic heterocycles. The van der Waals surface area contributed by atoms with Gasteiger partial charge >= 0.3 is 0 Å². The van der Waals surface area contributed by atoms with E-state index in [1.165, 1.54) is 0 Å². The zero-order valence-electron chi connectivity index (χ0n) is 18.5. The highest BCUT2D eigenvalue weighted by atomic mass is 16.5. The van der Waals surface area contributed by atoms with Gasteiger partial charge in [0.05, 0.1) is 25.9 Å². The normalized spacial score (nSPS) is 12.5. The third kappa shape index (κ3) is 4.77. The van der Waals surface area contributed by atoms with Crippen molar-refractivity contribution in [2.24, 2.45) is 5.73 Å². The van der Waals surface area contributed by atoms with Crippen LogP contribution in [0.25, 0.3) is 10.8 Å². The zero-order chi connectivity index (χ0) is 22.6. The molecular formula is C28H29NO3. The summed E-state index contributed by atoms with van der Waals surface area (Å²) in [4.78, 5) is 0. The second-order valence-corrected chi connectivity index (χ2v) is 8.24. The molecule has 0 spiro atoms. The van der Waals surface area contributed by atoms with E-state index in [9.17, 15) is 5.11 Å². The minimum atomic E-state index is -1.22. The van der Waals surface area contributed by atoms with Gasteiger partial charge in [0.15, 0.2) is 0 Å². The Bertz CT molecular complexity index is 1150. The van der Waals surface area contributed by atoms with Gasteiger partial charge < -0.3 is 20.3 Å². The monoisotopic (exact) mass is 427 g/mol. The molecule has 0 amide bonds. The topological polar surface area (TPSA) is 64.7 Å². The molecule has 32 heavy (non-hydrogen) atoms. The number of nitrogens with two attached hydrogens (primary N) is 1. The van der Waals surface area contributed by atoms with Crippen LogP contribution in [0, 0.1) is 0 Å². The summed E-state index contributed by atoms with van der Waals surface area (Å²) in [5.74, 6) is 1.51. The largest absolute Gasteiger partial charge is 0.497 e. The first-order valence-electron chi connectivity index (χ1n) is 10.7. The molecule has 1 atom stereocenters. The summed E-state index contributed by atoms with van der Waals surface area (Å²) in [6.45, 7) is 0. The van der Waals surface area contributed by atoms with Gasteiger partial charge in [0, 0.05) is 12.8 Å². The van der Waals surface area contributed by atoms with Crippen LogP contribution in [0.4, 0.5) is 0 Å². The highest BCUT2D eigenvalue weighted by molar-refractivity contribution is 5.83. The smallest absolute Gasteiger partial charge is 0.119 e. The van der Waals surface area contributed by atoms with Gasteiger partial charge in [0.25, 0.3) is 0 Å². The third-order valence-electron chi connectivity index (χ3n) is 6.00. The molecule has 0 aliphatic rings. The van der Waals surface area contributed by atoms with Crippen molar-refractivity contribution < 1.29 is 14.6 Å². The maximum Gasteiger partial charge on any atom is 0.119 e. The lowest BCUT2D eigenvalue weighted by atomic mass is 9.79. The zero-order valence-corrected chi connectivity index (χ0v) is 18.5. The molecule has 0 bridgehead atoms. The van der Waals surface area contributed by atoms with Gasteiger partial charge in [-0.15, -0.1) is 0 Å². The number of rotatable bonds is 8. The van der Waals surface area contributed by atoms with Crippen LogP contribution >= 0.6 is 0 Å². The van der Waals surface area contributed by atoms with E-state index in [0.717, 1.165) is 39.0 Å². The first-order chi connectivity index (χ1) is 15.5. The van der Waals surface area contributed by atoms with Crippen LogP contribution in [0.5, 0.6) is 11.5 Å². The number of benzene rings is 4. The molecule has 0 saturated carbocycles. The number of aliphatic hydroxyl groups is 1. The summed E-state index contributed by atoms with van der Waals surface area (Å²) >= 11 is 0. The van der Waals surface area contributed by atoms with Gasteiger partial charge in [0.1, 0.15) is 11.5 Å². The molecule has 4 aromatic carbocycles. The van der Waals surface area contributed by atoms with Crippen LogP contribution in [0.15, 0.2) is 91.0 Å². The molecule has 4 aromatic rings. The van der Waals surface area contributed by atoms with Crippen LogP contribution in [-0.2, 0) is 12.8 Å². The van der Waals surface area contributed by atoms with Crippen molar-refractivity contribution >= 4 is 10.8 Å². The molecule has 0 radical (unpaired) electrons. The number of methoxy groups -OCH3 is 2. The molecule has 4 rings (SSSR count). The second-order valence-electron chi connectivity index (χ2n) is 8.24. The van der Waals surface area contributed by atoms with Crippen molar-refractivity contribution in [1.82, 2.24) is 0 Å². The lowest BCUT2D eigenvalue weighted by Gasteiger charge is -2.35. The number of fused-ring (bicyclic) bond motifs is 1. The second kappa shape index (κ2) is 9.43. The summed E-state index contributed by atoms with van der Waals surface area (Å²) in [7, 11) is 3.28. The van der Waals surface area contributed by atoms with Gasteiger partial charge in [0.2, 0.25) is 0 Å². The third-order valence-corrected chi connectivity index (χ3v) is 6.00. The van der Waals surface area contributed by atoms with Crippen molar-refractivity contribution in [3.8, 4) is 11.5 Å². The predicted molar refractivity (Wildman–Crippen MR) is 129 cm³/mol. The van der Waals surface area contributed by atoms with Crippen LogP contribution in [0.3, 0.4) is 0 Å². The molecular weight excluding hydrogens is 398 g/mol. The first-order valence-corrected chi connectivity index (χ1v) is 10.7. The molecule has 0 heterocycles. The lowest BCUT2D eigenvalue weighted by Crippen LogP contribution is -2.45. The summed E-state index contributed by atoms with van der Waals surface area (Å²) in [6, 6.07) is 29.2. The van der Waals surface area contributed by atoms with E-state index in [4.69, 9.17) is 15.2 Å². The van der Waals surface area contributed by atoms with Crippen LogP contribution in [0.1, 0.15) is 22.7 Å². The summed E-state index contributed by atoms with van der Waals surface area (Å²) in [6.07, 6.45) is 0.769. The minimum Gasteiger partial charge on any atom is -0.497 e. The molecule has 0 saturated heterocycles. The fourth-order valence-corrected chi connectivity index (χ4v) is 4.27. The summed E-state index contributed by atoms with van der Waals surface area (Å²) in [5, 5.41) is 14.3. The fourth-order valence-electron chi connectivity index (χ4n) is 4.27. The summed E-state index contributed by atoms with van der Waals surface area (Å²) in [5.41, 5.74) is 8.40. The highest BCUT2D eigenvalue weighted by Gasteiger charge is 2.36. The van der Waals surface area contributed by atoms with Gasteiger partial charge in [-0.2, -0.15) is 0 Å². The quantitative estimate of drug-likeness (QED) is 0.412. The molecule has 164 valence electrons. The van der Waals surface area contributed by atoms with Gasteiger partial charge in [-0.3, -0.25) is 0 Å². The number of ether oxygens (including phenoxy) is 2. The van der Waals surface area contributed by atoms with Gasteiger partial charge in [-0.05, 0) is 57.8 Å². The van der Waals surface area contributed by atoms with E-state index in [1.807, 2.05) is 66.7 Å². The minimum absolute atomic E-state index is 0.384. The Morgan fingerprint density at radius 1 is 0.719 bits per heavy atom. The SMILES string of the molecule is COc1cccc(CC(O)(Cc2cccc(OC)c2)[C@H](N)c2ccc3ccccc3c2)c1. The Hall–Kier alpha value is -3.34. The maximum atomic E-state index is 12.0. The van der Waals surface area contributed by atoms with Crippen molar-refractivity contribution in [2.45, 2.75) is 24.5 Å². The number of hydrogen-bond donors (Lipinski definition) is 2. The Morgan fingerprint density at radius 2 is 1.28 bits per heavy atom. The van der Waals surface area contributed by atoms with Crippen molar-refractivity contribution in [3.63, 3.8) is 0 Å². The van der Waals surface area contributed by atoms with E-state index in [-0.39, 0.29) is 0 Å². The Kier molecular flexibility index (Phi) is 6.45. The fraction of sp³-hybridized carbons (Fsp3) is 0.214. The molecule has 0 fully saturated rings. The van der Waals surface area contributed by atoms with E-state index >= 15 is 0 Å². The Balaban J connectivity index is 1.73. The molecule has 0 aliphatic carbocycles. The number of hydrogen-bond acceptors (Lipinski definition) is 4. The Labute approximate surface area is 189 Å². The van der Waals surface area contributed by atoms with Crippen molar-refractivity contribution in [3.05, 3.63) is 108 Å². The van der Waals surface area contributed by atoms with Crippen LogP contribution in [0.2, 0.25) is 0 Å².